The number of amides is 1. The van der Waals surface area contributed by atoms with Gasteiger partial charge in [-0.3, -0.25) is 9.79 Å². The standard InChI is InChI=1S/C28H26F4N4O3S/c1-19(26-33-17-25(35-26)27(37)34-23-5-3-2-4-6-23)15-16-36(40(38,39)24-13-11-22(29)12-14-24)18-20-7-9-21(10-8-20)28(30,31)32/h2-14,25H,1,15-18H2,(H,33,35)(H,34,37)/t25-/m0/s1. The minimum absolute atomic E-state index is 0.0961. The van der Waals surface area contributed by atoms with E-state index in [1.54, 1.807) is 24.3 Å². The molecule has 1 heterocycles. The summed E-state index contributed by atoms with van der Waals surface area (Å²) in [6.07, 6.45) is -4.42. The van der Waals surface area contributed by atoms with Crippen LogP contribution in [0, 0.1) is 5.82 Å². The molecular weight excluding hydrogens is 548 g/mol. The van der Waals surface area contributed by atoms with Crippen molar-refractivity contribution in [2.75, 3.05) is 18.4 Å². The second kappa shape index (κ2) is 12.0. The highest BCUT2D eigenvalue weighted by Crippen LogP contribution is 2.29. The predicted molar refractivity (Wildman–Crippen MR) is 143 cm³/mol. The molecule has 0 spiro atoms. The zero-order valence-electron chi connectivity index (χ0n) is 21.2. The molecule has 0 unspecified atom stereocenters. The van der Waals surface area contributed by atoms with Gasteiger partial charge in [-0.15, -0.1) is 0 Å². The topological polar surface area (TPSA) is 90.9 Å². The lowest BCUT2D eigenvalue weighted by atomic mass is 10.1. The van der Waals surface area contributed by atoms with E-state index in [0.29, 0.717) is 22.7 Å². The fourth-order valence-corrected chi connectivity index (χ4v) is 5.40. The van der Waals surface area contributed by atoms with Crippen molar-refractivity contribution in [3.8, 4) is 0 Å². The van der Waals surface area contributed by atoms with Gasteiger partial charge in [-0.1, -0.05) is 36.9 Å². The van der Waals surface area contributed by atoms with Gasteiger partial charge in [0.05, 0.1) is 17.0 Å². The van der Waals surface area contributed by atoms with Crippen molar-refractivity contribution in [2.24, 2.45) is 4.99 Å². The van der Waals surface area contributed by atoms with Gasteiger partial charge in [0.15, 0.2) is 0 Å². The van der Waals surface area contributed by atoms with E-state index in [4.69, 9.17) is 0 Å². The van der Waals surface area contributed by atoms with E-state index < -0.39 is 33.6 Å². The van der Waals surface area contributed by atoms with E-state index in [9.17, 15) is 30.8 Å². The molecule has 0 saturated heterocycles. The van der Waals surface area contributed by atoms with Gasteiger partial charge in [-0.2, -0.15) is 17.5 Å². The Morgan fingerprint density at radius 2 is 1.68 bits per heavy atom. The number of carbonyl (C=O) groups excluding carboxylic acids is 1. The molecule has 3 aromatic carbocycles. The number of rotatable bonds is 10. The summed E-state index contributed by atoms with van der Waals surface area (Å²) in [4.78, 5) is 16.8. The zero-order valence-corrected chi connectivity index (χ0v) is 22.0. The number of benzene rings is 3. The molecule has 3 aromatic rings. The second-order valence-electron chi connectivity index (χ2n) is 9.08. The van der Waals surface area contributed by atoms with E-state index in [-0.39, 0.29) is 36.9 Å². The number of nitrogens with zero attached hydrogens (tertiary/aromatic N) is 2. The normalized spacial score (nSPS) is 15.4. The molecule has 2 N–H and O–H groups in total. The quantitative estimate of drug-likeness (QED) is 0.334. The number of alkyl halides is 3. The number of amidine groups is 1. The summed E-state index contributed by atoms with van der Waals surface area (Å²) >= 11 is 0. The van der Waals surface area contributed by atoms with E-state index in [0.717, 1.165) is 40.7 Å². The number of aliphatic imine (C=N–C) groups is 1. The summed E-state index contributed by atoms with van der Waals surface area (Å²) in [5.74, 6) is -0.541. The first-order valence-electron chi connectivity index (χ1n) is 12.2. The summed E-state index contributed by atoms with van der Waals surface area (Å²) in [6, 6.07) is 16.7. The van der Waals surface area contributed by atoms with Crippen LogP contribution in [0.5, 0.6) is 0 Å². The average Bonchev–Trinajstić information content (AvgIpc) is 3.42. The molecule has 0 aliphatic carbocycles. The number of halogens is 4. The zero-order chi connectivity index (χ0) is 28.9. The maximum Gasteiger partial charge on any atom is 0.416 e. The lowest BCUT2D eigenvalue weighted by Crippen LogP contribution is -2.41. The van der Waals surface area contributed by atoms with Gasteiger partial charge in [0.1, 0.15) is 17.7 Å². The molecule has 12 heteroatoms. The Morgan fingerprint density at radius 1 is 1.02 bits per heavy atom. The summed E-state index contributed by atoms with van der Waals surface area (Å²) in [7, 11) is -4.15. The molecule has 210 valence electrons. The smallest absolute Gasteiger partial charge is 0.357 e. The SMILES string of the molecule is C=C(CCN(Cc1ccc(C(F)(F)F)cc1)S(=O)(=O)c1ccc(F)cc1)C1=NC[C@@H](C(=O)Nc2ccccc2)N1. The van der Waals surface area contributed by atoms with Gasteiger partial charge >= 0.3 is 6.18 Å². The summed E-state index contributed by atoms with van der Waals surface area (Å²) in [5.41, 5.74) is 0.556. The van der Waals surface area contributed by atoms with Crippen LogP contribution in [-0.4, -0.2) is 43.6 Å². The lowest BCUT2D eigenvalue weighted by molar-refractivity contribution is -0.137. The Labute approximate surface area is 229 Å². The Hall–Kier alpha value is -4.03. The van der Waals surface area contributed by atoms with Crippen LogP contribution in [0.1, 0.15) is 17.5 Å². The number of carbonyl (C=O) groups is 1. The molecule has 1 aliphatic rings. The third-order valence-electron chi connectivity index (χ3n) is 6.19. The number of anilines is 1. The first-order valence-corrected chi connectivity index (χ1v) is 13.6. The van der Waals surface area contributed by atoms with E-state index in [1.807, 2.05) is 6.07 Å². The predicted octanol–water partition coefficient (Wildman–Crippen LogP) is 4.99. The van der Waals surface area contributed by atoms with Crippen LogP contribution in [0.3, 0.4) is 0 Å². The van der Waals surface area contributed by atoms with Gasteiger partial charge in [0.25, 0.3) is 0 Å². The van der Waals surface area contributed by atoms with Gasteiger partial charge < -0.3 is 10.6 Å². The largest absolute Gasteiger partial charge is 0.416 e. The van der Waals surface area contributed by atoms with Crippen LogP contribution >= 0.6 is 0 Å². The molecule has 0 bridgehead atoms. The number of hydrogen-bond donors (Lipinski definition) is 2. The minimum atomic E-state index is -4.53. The van der Waals surface area contributed by atoms with Crippen LogP contribution in [0.15, 0.2) is 101 Å². The van der Waals surface area contributed by atoms with Crippen molar-refractivity contribution >= 4 is 27.5 Å². The third kappa shape index (κ3) is 7.13. The van der Waals surface area contributed by atoms with Crippen LogP contribution in [0.2, 0.25) is 0 Å². The van der Waals surface area contributed by atoms with Crippen LogP contribution in [-0.2, 0) is 27.5 Å². The van der Waals surface area contributed by atoms with Gasteiger partial charge in [-0.05, 0) is 66.1 Å². The Bertz CT molecular complexity index is 1490. The molecule has 0 fully saturated rings. The summed E-state index contributed by atoms with van der Waals surface area (Å²) in [6.45, 7) is 3.82. The van der Waals surface area contributed by atoms with Crippen molar-refractivity contribution in [2.45, 2.75) is 30.1 Å². The summed E-state index contributed by atoms with van der Waals surface area (Å²) < 4.78 is 80.3. The second-order valence-corrected chi connectivity index (χ2v) is 11.0. The highest BCUT2D eigenvalue weighted by atomic mass is 32.2. The lowest BCUT2D eigenvalue weighted by Gasteiger charge is -2.23. The third-order valence-corrected chi connectivity index (χ3v) is 8.05. The molecule has 0 radical (unpaired) electrons. The molecule has 7 nitrogen and oxygen atoms in total. The van der Waals surface area contributed by atoms with Crippen molar-refractivity contribution in [3.63, 3.8) is 0 Å². The monoisotopic (exact) mass is 574 g/mol. The van der Waals surface area contributed by atoms with E-state index >= 15 is 0 Å². The van der Waals surface area contributed by atoms with E-state index in [1.165, 1.54) is 12.1 Å². The highest BCUT2D eigenvalue weighted by Gasteiger charge is 2.31. The molecule has 1 amide bonds. The molecule has 1 aliphatic heterocycles. The van der Waals surface area contributed by atoms with E-state index in [2.05, 4.69) is 22.2 Å². The first kappa shape index (κ1) is 29.0. The molecule has 1 atom stereocenters. The van der Waals surface area contributed by atoms with Gasteiger partial charge in [0.2, 0.25) is 15.9 Å². The Morgan fingerprint density at radius 3 is 2.30 bits per heavy atom. The van der Waals surface area contributed by atoms with Crippen LogP contribution in [0.4, 0.5) is 23.2 Å². The fourth-order valence-electron chi connectivity index (χ4n) is 3.97. The van der Waals surface area contributed by atoms with Gasteiger partial charge in [0, 0.05) is 18.8 Å². The molecular formula is C28H26F4N4O3S. The minimum Gasteiger partial charge on any atom is -0.357 e. The summed E-state index contributed by atoms with van der Waals surface area (Å²) in [5, 5.41) is 5.79. The average molecular weight is 575 g/mol. The number of nitrogens with one attached hydrogen (secondary N) is 2. The maximum atomic E-state index is 13.4. The fraction of sp³-hybridized carbons (Fsp3) is 0.214. The molecule has 4 rings (SSSR count). The van der Waals surface area contributed by atoms with Crippen molar-refractivity contribution < 1.29 is 30.8 Å². The van der Waals surface area contributed by atoms with Crippen molar-refractivity contribution in [1.29, 1.82) is 0 Å². The molecule has 40 heavy (non-hydrogen) atoms. The number of sulfonamides is 1. The first-order chi connectivity index (χ1) is 18.9. The van der Waals surface area contributed by atoms with Crippen molar-refractivity contribution in [1.82, 2.24) is 9.62 Å². The number of para-hydroxylation sites is 1. The van der Waals surface area contributed by atoms with Crippen LogP contribution < -0.4 is 10.6 Å². The molecule has 0 aromatic heterocycles. The number of hydrogen-bond acceptors (Lipinski definition) is 5. The Balaban J connectivity index is 1.45. The molecule has 0 saturated carbocycles. The van der Waals surface area contributed by atoms with Crippen molar-refractivity contribution in [3.05, 3.63) is 108 Å². The maximum absolute atomic E-state index is 13.4. The highest BCUT2D eigenvalue weighted by molar-refractivity contribution is 7.89. The van der Waals surface area contributed by atoms with Crippen LogP contribution in [0.25, 0.3) is 0 Å². The van der Waals surface area contributed by atoms with Gasteiger partial charge in [-0.25, -0.2) is 12.8 Å². The Kier molecular flexibility index (Phi) is 8.70.